The first kappa shape index (κ1) is 19.6. The van der Waals surface area contributed by atoms with Crippen molar-refractivity contribution in [2.75, 3.05) is 14.2 Å². The smallest absolute Gasteiger partial charge is 0.322 e. The van der Waals surface area contributed by atoms with Gasteiger partial charge in [-0.15, -0.1) is 0 Å². The van der Waals surface area contributed by atoms with Gasteiger partial charge in [-0.25, -0.2) is 13.6 Å². The number of nitrogens with zero attached hydrogens (tertiary/aromatic N) is 2. The minimum atomic E-state index is -3.87. The number of amides is 1. The van der Waals surface area contributed by atoms with Crippen molar-refractivity contribution in [1.29, 1.82) is 0 Å². The van der Waals surface area contributed by atoms with Crippen LogP contribution in [0.25, 0.3) is 0 Å². The number of ether oxygens (including phenoxy) is 2. The molecule has 1 aromatic heterocycles. The standard InChI is InChI=1S/C16H20N4O5S/c1-16(2,14(21)18-3)13-12(24-4)9-19-15(20-13)25-10-6-5-7-11(8-10)26(17,22)23/h5-9H,1-4H3,(H,18,21)(H2,17,22,23). The molecule has 0 unspecified atom stereocenters. The van der Waals surface area contributed by atoms with Crippen LogP contribution in [0.5, 0.6) is 17.5 Å². The lowest BCUT2D eigenvalue weighted by Gasteiger charge is -2.23. The van der Waals surface area contributed by atoms with Crippen LogP contribution in [-0.4, -0.2) is 38.5 Å². The van der Waals surface area contributed by atoms with Gasteiger partial charge in [-0.1, -0.05) is 6.07 Å². The van der Waals surface area contributed by atoms with E-state index in [2.05, 4.69) is 15.3 Å². The van der Waals surface area contributed by atoms with E-state index in [0.717, 1.165) is 0 Å². The first-order valence-electron chi connectivity index (χ1n) is 7.54. The maximum absolute atomic E-state index is 12.2. The molecule has 2 rings (SSSR count). The summed E-state index contributed by atoms with van der Waals surface area (Å²) in [7, 11) is -0.904. The van der Waals surface area contributed by atoms with Gasteiger partial charge in [0.2, 0.25) is 15.9 Å². The Bertz CT molecular complexity index is 928. The Morgan fingerprint density at radius 2 is 2.00 bits per heavy atom. The van der Waals surface area contributed by atoms with Crippen molar-refractivity contribution < 1.29 is 22.7 Å². The number of carbonyl (C=O) groups is 1. The van der Waals surface area contributed by atoms with Gasteiger partial charge in [0.05, 0.1) is 23.6 Å². The Morgan fingerprint density at radius 3 is 2.58 bits per heavy atom. The molecule has 140 valence electrons. The molecule has 0 aliphatic carbocycles. The Labute approximate surface area is 151 Å². The summed E-state index contributed by atoms with van der Waals surface area (Å²) < 4.78 is 33.7. The number of aromatic nitrogens is 2. The van der Waals surface area contributed by atoms with E-state index in [-0.39, 0.29) is 22.6 Å². The van der Waals surface area contributed by atoms with E-state index >= 15 is 0 Å². The van der Waals surface area contributed by atoms with Crippen LogP contribution >= 0.6 is 0 Å². The van der Waals surface area contributed by atoms with Gasteiger partial charge < -0.3 is 14.8 Å². The number of sulfonamides is 1. The van der Waals surface area contributed by atoms with Crippen molar-refractivity contribution in [1.82, 2.24) is 15.3 Å². The zero-order chi connectivity index (χ0) is 19.5. The first-order chi connectivity index (χ1) is 12.1. The van der Waals surface area contributed by atoms with Gasteiger partial charge in [0, 0.05) is 13.1 Å². The van der Waals surface area contributed by atoms with E-state index in [1.54, 1.807) is 13.8 Å². The number of likely N-dealkylation sites (N-methyl/N-ethyl adjacent to an activating group) is 1. The van der Waals surface area contributed by atoms with Crippen LogP contribution in [0.15, 0.2) is 35.4 Å². The van der Waals surface area contributed by atoms with Gasteiger partial charge in [-0.05, 0) is 26.0 Å². The molecule has 0 aliphatic rings. The second-order valence-corrected chi connectivity index (χ2v) is 7.46. The number of hydrogen-bond donors (Lipinski definition) is 2. The van der Waals surface area contributed by atoms with E-state index in [0.29, 0.717) is 11.4 Å². The van der Waals surface area contributed by atoms with E-state index in [1.807, 2.05) is 0 Å². The highest BCUT2D eigenvalue weighted by molar-refractivity contribution is 7.89. The highest BCUT2D eigenvalue weighted by Gasteiger charge is 2.34. The normalized spacial score (nSPS) is 11.7. The van der Waals surface area contributed by atoms with Crippen LogP contribution in [-0.2, 0) is 20.2 Å². The van der Waals surface area contributed by atoms with Crippen molar-refractivity contribution in [3.63, 3.8) is 0 Å². The predicted octanol–water partition coefficient (Wildman–Crippen LogP) is 0.948. The van der Waals surface area contributed by atoms with E-state index < -0.39 is 15.4 Å². The van der Waals surface area contributed by atoms with Gasteiger partial charge in [-0.3, -0.25) is 4.79 Å². The van der Waals surface area contributed by atoms with Crippen LogP contribution in [0.1, 0.15) is 19.5 Å². The van der Waals surface area contributed by atoms with E-state index in [1.165, 1.54) is 44.6 Å². The molecule has 1 amide bonds. The Kier molecular flexibility index (Phi) is 5.47. The van der Waals surface area contributed by atoms with Crippen molar-refractivity contribution in [3.05, 3.63) is 36.2 Å². The van der Waals surface area contributed by atoms with Crippen LogP contribution in [0.2, 0.25) is 0 Å². The van der Waals surface area contributed by atoms with Crippen LogP contribution < -0.4 is 19.9 Å². The molecule has 0 spiro atoms. The molecule has 0 fully saturated rings. The molecule has 1 heterocycles. The summed E-state index contributed by atoms with van der Waals surface area (Å²) in [4.78, 5) is 20.4. The quantitative estimate of drug-likeness (QED) is 0.762. The molecule has 0 bridgehead atoms. The fraction of sp³-hybridized carbons (Fsp3) is 0.312. The number of nitrogens with one attached hydrogen (secondary N) is 1. The third kappa shape index (κ3) is 4.09. The number of nitrogens with two attached hydrogens (primary N) is 1. The Balaban J connectivity index is 2.44. The molecule has 0 radical (unpaired) electrons. The average molecular weight is 380 g/mol. The van der Waals surface area contributed by atoms with Crippen molar-refractivity contribution in [2.45, 2.75) is 24.2 Å². The van der Waals surface area contributed by atoms with Crippen molar-refractivity contribution >= 4 is 15.9 Å². The summed E-state index contributed by atoms with van der Waals surface area (Å²) >= 11 is 0. The van der Waals surface area contributed by atoms with Crippen molar-refractivity contribution in [2.24, 2.45) is 5.14 Å². The predicted molar refractivity (Wildman–Crippen MR) is 93.6 cm³/mol. The SMILES string of the molecule is CNC(=O)C(C)(C)c1nc(Oc2cccc(S(N)(=O)=O)c2)ncc1OC. The number of rotatable bonds is 6. The second kappa shape index (κ2) is 7.26. The van der Waals surface area contributed by atoms with Crippen molar-refractivity contribution in [3.8, 4) is 17.5 Å². The molecule has 1 aromatic carbocycles. The number of benzene rings is 1. The highest BCUT2D eigenvalue weighted by atomic mass is 32.2. The topological polar surface area (TPSA) is 134 Å². The monoisotopic (exact) mass is 380 g/mol. The van der Waals surface area contributed by atoms with Crippen LogP contribution in [0, 0.1) is 0 Å². The summed E-state index contributed by atoms with van der Waals surface area (Å²) in [5, 5.41) is 7.68. The fourth-order valence-electron chi connectivity index (χ4n) is 2.24. The lowest BCUT2D eigenvalue weighted by Crippen LogP contribution is -2.39. The molecule has 0 saturated heterocycles. The minimum absolute atomic E-state index is 0.0654. The van der Waals surface area contributed by atoms with Gasteiger partial charge in [0.15, 0.2) is 5.75 Å². The largest absolute Gasteiger partial charge is 0.493 e. The first-order valence-corrected chi connectivity index (χ1v) is 9.08. The molecule has 26 heavy (non-hydrogen) atoms. The fourth-order valence-corrected chi connectivity index (χ4v) is 2.79. The second-order valence-electron chi connectivity index (χ2n) is 5.90. The molecule has 3 N–H and O–H groups in total. The van der Waals surface area contributed by atoms with Crippen LogP contribution in [0.3, 0.4) is 0 Å². The molecule has 0 atom stereocenters. The third-order valence-corrected chi connectivity index (χ3v) is 4.59. The van der Waals surface area contributed by atoms with Gasteiger partial charge >= 0.3 is 6.01 Å². The summed E-state index contributed by atoms with van der Waals surface area (Å²) in [6.45, 7) is 3.37. The lowest BCUT2D eigenvalue weighted by atomic mass is 9.87. The molecule has 10 heteroatoms. The summed E-state index contributed by atoms with van der Waals surface area (Å²) in [5.74, 6) is 0.242. The molecule has 0 aliphatic heterocycles. The molecule has 0 saturated carbocycles. The summed E-state index contributed by atoms with van der Waals surface area (Å²) in [6.07, 6.45) is 1.38. The Morgan fingerprint density at radius 1 is 1.31 bits per heavy atom. The van der Waals surface area contributed by atoms with Gasteiger partial charge in [0.25, 0.3) is 0 Å². The van der Waals surface area contributed by atoms with Crippen LogP contribution in [0.4, 0.5) is 0 Å². The number of hydrogen-bond acceptors (Lipinski definition) is 7. The average Bonchev–Trinajstić information content (AvgIpc) is 2.60. The lowest BCUT2D eigenvalue weighted by molar-refractivity contribution is -0.125. The highest BCUT2D eigenvalue weighted by Crippen LogP contribution is 2.32. The number of carbonyl (C=O) groups excluding carboxylic acids is 1. The third-order valence-electron chi connectivity index (χ3n) is 3.68. The van der Waals surface area contributed by atoms with Gasteiger partial charge in [-0.2, -0.15) is 9.97 Å². The van der Waals surface area contributed by atoms with E-state index in [9.17, 15) is 13.2 Å². The zero-order valence-corrected chi connectivity index (χ0v) is 15.6. The van der Waals surface area contributed by atoms with Gasteiger partial charge in [0.1, 0.15) is 11.4 Å². The molecule has 2 aromatic rings. The van der Waals surface area contributed by atoms with E-state index in [4.69, 9.17) is 14.6 Å². The molecule has 9 nitrogen and oxygen atoms in total. The molecular formula is C16H20N4O5S. The zero-order valence-electron chi connectivity index (χ0n) is 14.8. The summed E-state index contributed by atoms with van der Waals surface area (Å²) in [5.41, 5.74) is -0.684. The number of methoxy groups -OCH3 is 1. The molecular weight excluding hydrogens is 360 g/mol. The summed E-state index contributed by atoms with van der Waals surface area (Å²) in [6, 6.07) is 5.55. The number of primary sulfonamides is 1. The minimum Gasteiger partial charge on any atom is -0.493 e. The maximum atomic E-state index is 12.2. The maximum Gasteiger partial charge on any atom is 0.322 e. The Hall–Kier alpha value is -2.72.